The highest BCUT2D eigenvalue weighted by Crippen LogP contribution is 2.36. The number of aromatic nitrogens is 2. The molecule has 0 spiro atoms. The van der Waals surface area contributed by atoms with Crippen LogP contribution in [0.25, 0.3) is 10.2 Å². The molecule has 3 aromatic rings. The summed E-state index contributed by atoms with van der Waals surface area (Å²) < 4.78 is 1.60. The molecule has 1 aliphatic carbocycles. The molecule has 2 heterocycles. The van der Waals surface area contributed by atoms with Crippen molar-refractivity contribution < 1.29 is 4.79 Å². The van der Waals surface area contributed by atoms with Crippen molar-refractivity contribution in [3.63, 3.8) is 0 Å². The number of carbonyl (C=O) groups excluding carboxylic acids is 1. The molecule has 0 saturated heterocycles. The van der Waals surface area contributed by atoms with Crippen LogP contribution in [0.15, 0.2) is 28.2 Å². The van der Waals surface area contributed by atoms with Crippen LogP contribution in [0, 0.1) is 13.8 Å². The molecule has 0 aliphatic heterocycles. The fourth-order valence-corrected chi connectivity index (χ4v) is 5.81. The van der Waals surface area contributed by atoms with Crippen LogP contribution in [0.1, 0.15) is 45.3 Å². The monoisotopic (exact) mass is 398 g/mol. The number of ketones is 1. The molecule has 1 aromatic carbocycles. The molecule has 6 heteroatoms. The van der Waals surface area contributed by atoms with Gasteiger partial charge in [-0.15, -0.1) is 11.3 Å². The molecule has 2 aromatic heterocycles. The van der Waals surface area contributed by atoms with Crippen LogP contribution < -0.4 is 5.56 Å². The van der Waals surface area contributed by atoms with Gasteiger partial charge in [0.1, 0.15) is 4.83 Å². The third-order valence-electron chi connectivity index (χ3n) is 5.35. The zero-order valence-electron chi connectivity index (χ0n) is 16.0. The highest BCUT2D eigenvalue weighted by Gasteiger charge is 2.24. The van der Waals surface area contributed by atoms with Gasteiger partial charge < -0.3 is 0 Å². The van der Waals surface area contributed by atoms with Gasteiger partial charge in [-0.25, -0.2) is 4.98 Å². The number of hydrogen-bond donors (Lipinski definition) is 0. The Labute approximate surface area is 166 Å². The third kappa shape index (κ3) is 3.15. The summed E-state index contributed by atoms with van der Waals surface area (Å²) in [5.41, 5.74) is 4.19. The fourth-order valence-electron chi connectivity index (χ4n) is 3.55. The maximum atomic E-state index is 12.9. The molecule has 0 saturated carbocycles. The number of aryl methyl sites for hydroxylation is 4. The van der Waals surface area contributed by atoms with E-state index >= 15 is 0 Å². The van der Waals surface area contributed by atoms with Gasteiger partial charge in [-0.1, -0.05) is 23.9 Å². The summed E-state index contributed by atoms with van der Waals surface area (Å²) in [4.78, 5) is 32.6. The Morgan fingerprint density at radius 2 is 2.04 bits per heavy atom. The van der Waals surface area contributed by atoms with Crippen molar-refractivity contribution in [1.29, 1.82) is 0 Å². The molecule has 4 nitrogen and oxygen atoms in total. The van der Waals surface area contributed by atoms with E-state index in [2.05, 4.69) is 0 Å². The minimum absolute atomic E-state index is 0.00716. The maximum absolute atomic E-state index is 12.9. The number of Topliss-reactive ketones (excluding diaryl/α,β-unsaturated/α-hetero) is 1. The standard InChI is InChI=1S/C21H22N2O2S2/c1-11-8-9-14(10-12(11)2)18(24)13(3)26-21-22-19-17(20(25)23(21)4)15-6-5-7-16(15)27-19/h8-10,13H,5-7H2,1-4H3/t13-/m0/s1. The number of thioether (sulfide) groups is 1. The van der Waals surface area contributed by atoms with Gasteiger partial charge in [-0.3, -0.25) is 14.2 Å². The maximum Gasteiger partial charge on any atom is 0.262 e. The SMILES string of the molecule is Cc1ccc(C(=O)[C@H](C)Sc2nc3sc4c(c3c(=O)n2C)CCC4)cc1C. The van der Waals surface area contributed by atoms with Gasteiger partial charge in [0.2, 0.25) is 0 Å². The van der Waals surface area contributed by atoms with Crippen molar-refractivity contribution in [2.75, 3.05) is 0 Å². The summed E-state index contributed by atoms with van der Waals surface area (Å²) in [5.74, 6) is 0.0612. The predicted molar refractivity (Wildman–Crippen MR) is 112 cm³/mol. The molecule has 0 bridgehead atoms. The zero-order valence-corrected chi connectivity index (χ0v) is 17.6. The Hall–Kier alpha value is -1.92. The molecular formula is C21H22N2O2S2. The fraction of sp³-hybridized carbons (Fsp3) is 0.381. The first-order chi connectivity index (χ1) is 12.9. The van der Waals surface area contributed by atoms with Gasteiger partial charge in [0.05, 0.1) is 10.6 Å². The first-order valence-corrected chi connectivity index (χ1v) is 10.9. The van der Waals surface area contributed by atoms with Crippen LogP contribution in [-0.4, -0.2) is 20.6 Å². The quantitative estimate of drug-likeness (QED) is 0.370. The molecule has 0 N–H and O–H groups in total. The number of carbonyl (C=O) groups is 1. The summed E-state index contributed by atoms with van der Waals surface area (Å²) in [6.07, 6.45) is 3.14. The van der Waals surface area contributed by atoms with Crippen molar-refractivity contribution in [2.45, 2.75) is 50.4 Å². The van der Waals surface area contributed by atoms with E-state index in [0.29, 0.717) is 10.7 Å². The number of hydrogen-bond acceptors (Lipinski definition) is 5. The Morgan fingerprint density at radius 3 is 2.78 bits per heavy atom. The second-order valence-corrected chi connectivity index (χ2v) is 9.61. The molecule has 4 rings (SSSR count). The lowest BCUT2D eigenvalue weighted by Gasteiger charge is -2.13. The molecule has 1 aliphatic rings. The Morgan fingerprint density at radius 1 is 1.26 bits per heavy atom. The lowest BCUT2D eigenvalue weighted by molar-refractivity contribution is 0.0993. The summed E-state index contributed by atoms with van der Waals surface area (Å²) in [6, 6.07) is 5.79. The van der Waals surface area contributed by atoms with Crippen molar-refractivity contribution in [3.8, 4) is 0 Å². The number of rotatable bonds is 4. The topological polar surface area (TPSA) is 52.0 Å². The number of benzene rings is 1. The predicted octanol–water partition coefficient (Wildman–Crippen LogP) is 4.46. The zero-order chi connectivity index (χ0) is 19.3. The van der Waals surface area contributed by atoms with E-state index in [1.54, 1.807) is 23.0 Å². The average molecular weight is 399 g/mol. The first-order valence-electron chi connectivity index (χ1n) is 9.16. The lowest BCUT2D eigenvalue weighted by Crippen LogP contribution is -2.22. The number of fused-ring (bicyclic) bond motifs is 3. The number of nitrogens with zero attached hydrogens (tertiary/aromatic N) is 2. The first kappa shape index (κ1) is 18.4. The average Bonchev–Trinajstić information content (AvgIpc) is 3.21. The van der Waals surface area contributed by atoms with E-state index in [1.165, 1.54) is 27.8 Å². The normalized spacial score (nSPS) is 14.5. The Balaban J connectivity index is 1.66. The highest BCUT2D eigenvalue weighted by molar-refractivity contribution is 8.00. The van der Waals surface area contributed by atoms with Gasteiger partial charge in [0.25, 0.3) is 5.56 Å². The Kier molecular flexibility index (Phi) is 4.72. The highest BCUT2D eigenvalue weighted by atomic mass is 32.2. The third-order valence-corrected chi connectivity index (χ3v) is 7.68. The molecule has 0 unspecified atom stereocenters. The summed E-state index contributed by atoms with van der Waals surface area (Å²) in [6.45, 7) is 5.93. The molecule has 1 atom stereocenters. The minimum atomic E-state index is -0.311. The van der Waals surface area contributed by atoms with Crippen LogP contribution in [-0.2, 0) is 19.9 Å². The molecule has 0 fully saturated rings. The van der Waals surface area contributed by atoms with Crippen molar-refractivity contribution in [3.05, 3.63) is 55.7 Å². The summed E-state index contributed by atoms with van der Waals surface area (Å²) in [5, 5.41) is 1.08. The molecule has 0 radical (unpaired) electrons. The van der Waals surface area contributed by atoms with Gasteiger partial charge >= 0.3 is 0 Å². The molecule has 140 valence electrons. The van der Waals surface area contributed by atoms with Gasteiger partial charge in [0.15, 0.2) is 10.9 Å². The van der Waals surface area contributed by atoms with Crippen LogP contribution in [0.5, 0.6) is 0 Å². The van der Waals surface area contributed by atoms with Gasteiger partial charge in [0, 0.05) is 17.5 Å². The van der Waals surface area contributed by atoms with E-state index in [9.17, 15) is 9.59 Å². The minimum Gasteiger partial charge on any atom is -0.293 e. The molecule has 0 amide bonds. The van der Waals surface area contributed by atoms with E-state index in [-0.39, 0.29) is 16.6 Å². The van der Waals surface area contributed by atoms with Gasteiger partial charge in [-0.2, -0.15) is 0 Å². The summed E-state index contributed by atoms with van der Waals surface area (Å²) >= 11 is 3.00. The van der Waals surface area contributed by atoms with Crippen LogP contribution in [0.2, 0.25) is 0 Å². The largest absolute Gasteiger partial charge is 0.293 e. The van der Waals surface area contributed by atoms with E-state index in [0.717, 1.165) is 35.0 Å². The lowest BCUT2D eigenvalue weighted by atomic mass is 10.0. The second-order valence-electron chi connectivity index (χ2n) is 7.22. The Bertz CT molecular complexity index is 1130. The number of thiophene rings is 1. The van der Waals surface area contributed by atoms with Gasteiger partial charge in [-0.05, 0) is 62.8 Å². The van der Waals surface area contributed by atoms with Crippen molar-refractivity contribution in [1.82, 2.24) is 9.55 Å². The van der Waals surface area contributed by atoms with E-state index in [1.807, 2.05) is 39.0 Å². The van der Waals surface area contributed by atoms with Crippen molar-refractivity contribution in [2.24, 2.45) is 7.05 Å². The van der Waals surface area contributed by atoms with Crippen LogP contribution in [0.4, 0.5) is 0 Å². The van der Waals surface area contributed by atoms with Crippen molar-refractivity contribution >= 4 is 39.1 Å². The van der Waals surface area contributed by atoms with E-state index in [4.69, 9.17) is 4.98 Å². The summed E-state index contributed by atoms with van der Waals surface area (Å²) in [7, 11) is 1.75. The smallest absolute Gasteiger partial charge is 0.262 e. The van der Waals surface area contributed by atoms with Crippen LogP contribution in [0.3, 0.4) is 0 Å². The van der Waals surface area contributed by atoms with E-state index < -0.39 is 0 Å². The van der Waals surface area contributed by atoms with Crippen LogP contribution >= 0.6 is 23.1 Å². The molecule has 27 heavy (non-hydrogen) atoms. The second kappa shape index (κ2) is 6.91. The molecular weight excluding hydrogens is 376 g/mol.